The van der Waals surface area contributed by atoms with E-state index in [2.05, 4.69) is 345 Å². The Bertz CT molecular complexity index is 4830. The molecular weight excluding hydrogens is 1070 g/mol. The smallest absolute Gasteiger partial charge is 0.0714 e. The van der Waals surface area contributed by atoms with Crippen LogP contribution in [-0.2, 0) is 16.2 Å². The van der Waals surface area contributed by atoms with E-state index in [1.165, 1.54) is 110 Å². The van der Waals surface area contributed by atoms with Gasteiger partial charge in [-0.05, 0) is 201 Å². The van der Waals surface area contributed by atoms with E-state index in [1.54, 1.807) is 0 Å². The van der Waals surface area contributed by atoms with Gasteiger partial charge in [0.1, 0.15) is 0 Å². The van der Waals surface area contributed by atoms with Crippen LogP contribution in [0.4, 0.5) is 17.1 Å². The molecule has 1 aromatic heterocycles. The molecule has 12 aromatic carbocycles. The highest BCUT2D eigenvalue weighted by Gasteiger charge is 2.46. The van der Waals surface area contributed by atoms with E-state index in [1.807, 2.05) is 12.2 Å². The zero-order chi connectivity index (χ0) is 61.4. The summed E-state index contributed by atoms with van der Waals surface area (Å²) in [6, 6.07) is 101. The third-order valence-electron chi connectivity index (χ3n) is 18.8. The second-order valence-corrected chi connectivity index (χ2v) is 27.5. The van der Waals surface area contributed by atoms with Gasteiger partial charge in [-0.2, -0.15) is 0 Å². The zero-order valence-corrected chi connectivity index (χ0v) is 52.6. The lowest BCUT2D eigenvalue weighted by Gasteiger charge is -2.35. The van der Waals surface area contributed by atoms with Gasteiger partial charge >= 0.3 is 0 Å². The molecule has 13 aromatic rings. The molecule has 1 unspecified atom stereocenters. The normalized spacial score (nSPS) is 14.0. The number of para-hydroxylation sites is 1. The Balaban J connectivity index is 0.902. The molecule has 1 atom stereocenters. The molecule has 0 amide bonds. The first-order valence-electron chi connectivity index (χ1n) is 31.5. The van der Waals surface area contributed by atoms with E-state index in [0.717, 1.165) is 40.3 Å². The largest absolute Gasteiger partial charge is 0.310 e. The second kappa shape index (κ2) is 22.0. The quantitative estimate of drug-likeness (QED) is 0.112. The first-order chi connectivity index (χ1) is 43.0. The van der Waals surface area contributed by atoms with Gasteiger partial charge in [0.25, 0.3) is 0 Å². The van der Waals surface area contributed by atoms with Crippen molar-refractivity contribution in [3.05, 3.63) is 325 Å². The second-order valence-electron chi connectivity index (χ2n) is 27.5. The van der Waals surface area contributed by atoms with Crippen LogP contribution in [0.2, 0.25) is 0 Å². The molecule has 0 saturated heterocycles. The summed E-state index contributed by atoms with van der Waals surface area (Å²) in [7, 11) is 0. The van der Waals surface area contributed by atoms with Crippen molar-refractivity contribution in [2.45, 2.75) is 78.1 Å². The van der Waals surface area contributed by atoms with E-state index in [9.17, 15) is 0 Å². The molecule has 0 spiro atoms. The molecule has 434 valence electrons. The molecule has 0 radical (unpaired) electrons. The molecule has 1 aliphatic carbocycles. The minimum absolute atomic E-state index is 0.00457. The number of benzene rings is 12. The van der Waals surface area contributed by atoms with Crippen LogP contribution in [0.25, 0.3) is 94.9 Å². The maximum Gasteiger partial charge on any atom is 0.0714 e. The summed E-state index contributed by atoms with van der Waals surface area (Å²) in [6.45, 7) is 26.8. The molecule has 2 nitrogen and oxygen atoms in total. The summed E-state index contributed by atoms with van der Waals surface area (Å²) in [6.07, 6.45) is 4.94. The van der Waals surface area contributed by atoms with Crippen molar-refractivity contribution < 1.29 is 0 Å². The predicted molar refractivity (Wildman–Crippen MR) is 383 cm³/mol. The Labute approximate surface area is 526 Å². The fourth-order valence-electron chi connectivity index (χ4n) is 14.7. The monoisotopic (exact) mass is 1150 g/mol. The number of fused-ring (bicyclic) bond motifs is 7. The zero-order valence-electron chi connectivity index (χ0n) is 52.6. The maximum absolute atomic E-state index is 4.14. The van der Waals surface area contributed by atoms with Crippen molar-refractivity contribution in [3.8, 4) is 50.2 Å². The lowest BCUT2D eigenvalue weighted by molar-refractivity contribution is 0.284. The number of aromatic nitrogens is 1. The summed E-state index contributed by atoms with van der Waals surface area (Å²) >= 11 is 0. The highest BCUT2D eigenvalue weighted by atomic mass is 15.1. The van der Waals surface area contributed by atoms with Crippen molar-refractivity contribution in [3.63, 3.8) is 0 Å². The third kappa shape index (κ3) is 10.2. The molecule has 1 aliphatic rings. The molecule has 0 bridgehead atoms. The molecule has 0 aliphatic heterocycles. The first-order valence-corrected chi connectivity index (χ1v) is 31.5. The topological polar surface area (TPSA) is 8.17 Å². The fourth-order valence-corrected chi connectivity index (χ4v) is 14.7. The van der Waals surface area contributed by atoms with Gasteiger partial charge in [-0.1, -0.05) is 269 Å². The average Bonchev–Trinajstić information content (AvgIpc) is 1.72. The number of hydrogen-bond donors (Lipinski definition) is 0. The molecule has 1 heterocycles. The Morgan fingerprint density at radius 1 is 0.382 bits per heavy atom. The summed E-state index contributed by atoms with van der Waals surface area (Å²) in [4.78, 5) is 2.46. The van der Waals surface area contributed by atoms with E-state index in [0.29, 0.717) is 0 Å². The van der Waals surface area contributed by atoms with E-state index in [-0.39, 0.29) is 16.2 Å². The van der Waals surface area contributed by atoms with Crippen molar-refractivity contribution in [1.82, 2.24) is 4.57 Å². The maximum atomic E-state index is 4.14. The van der Waals surface area contributed by atoms with Crippen molar-refractivity contribution >= 4 is 61.8 Å². The van der Waals surface area contributed by atoms with E-state index >= 15 is 0 Å². The van der Waals surface area contributed by atoms with Crippen LogP contribution >= 0.6 is 0 Å². The molecule has 0 fully saturated rings. The minimum atomic E-state index is -0.611. The fraction of sp³-hybridized carbons (Fsp3) is 0.149. The number of hydrogen-bond acceptors (Lipinski definition) is 1. The lowest BCUT2D eigenvalue weighted by atomic mass is 9.67. The Hall–Kier alpha value is -10.0. The molecule has 0 N–H and O–H groups in total. The number of anilines is 3. The van der Waals surface area contributed by atoms with Crippen molar-refractivity contribution in [2.24, 2.45) is 5.41 Å². The van der Waals surface area contributed by atoms with Crippen molar-refractivity contribution in [1.29, 1.82) is 0 Å². The van der Waals surface area contributed by atoms with Gasteiger partial charge in [0.15, 0.2) is 0 Å². The summed E-state index contributed by atoms with van der Waals surface area (Å²) < 4.78 is 2.40. The van der Waals surface area contributed by atoms with Gasteiger partial charge in [-0.3, -0.25) is 0 Å². The summed E-state index contributed by atoms with van der Waals surface area (Å²) in [5, 5.41) is 4.79. The van der Waals surface area contributed by atoms with Gasteiger partial charge in [0.2, 0.25) is 0 Å². The SMILES string of the molecule is C=Cc1ccc(-c2ccc3c(c2)c2cc(-c4ccc5cc(N(c6ccc(-c7ccc(C(C)(C)CC(C)(C)C)cc7)cc6)c6ccc7c(c6)C(c6ccc(C=C)cc6)(c6ccc(C(C)(C)C)cc6)c6ccccc6-7)ccc5c4)ccc2n3-c2ccccc2)cc1. The van der Waals surface area contributed by atoms with Gasteiger partial charge in [-0.15, -0.1) is 0 Å². The highest BCUT2D eigenvalue weighted by Crippen LogP contribution is 2.58. The number of nitrogens with zero attached hydrogens (tertiary/aromatic N) is 2. The van der Waals surface area contributed by atoms with Gasteiger partial charge in [0.05, 0.1) is 16.4 Å². The van der Waals surface area contributed by atoms with Crippen LogP contribution in [0.1, 0.15) is 106 Å². The van der Waals surface area contributed by atoms with E-state index in [4.69, 9.17) is 0 Å². The van der Waals surface area contributed by atoms with Gasteiger partial charge in [0, 0.05) is 33.5 Å². The van der Waals surface area contributed by atoms with Crippen LogP contribution in [0.15, 0.2) is 280 Å². The Morgan fingerprint density at radius 2 is 0.831 bits per heavy atom. The van der Waals surface area contributed by atoms with Crippen LogP contribution in [-0.4, -0.2) is 4.57 Å². The lowest BCUT2D eigenvalue weighted by Crippen LogP contribution is -2.29. The molecular formula is C87H76N2. The predicted octanol–water partition coefficient (Wildman–Crippen LogP) is 24.1. The van der Waals surface area contributed by atoms with Crippen LogP contribution in [0.5, 0.6) is 0 Å². The Kier molecular flexibility index (Phi) is 14.0. The van der Waals surface area contributed by atoms with E-state index < -0.39 is 5.41 Å². The number of rotatable bonds is 13. The van der Waals surface area contributed by atoms with Crippen LogP contribution in [0, 0.1) is 5.41 Å². The highest BCUT2D eigenvalue weighted by molar-refractivity contribution is 6.12. The Morgan fingerprint density at radius 3 is 1.45 bits per heavy atom. The third-order valence-corrected chi connectivity index (χ3v) is 18.8. The van der Waals surface area contributed by atoms with Crippen molar-refractivity contribution in [2.75, 3.05) is 4.90 Å². The van der Waals surface area contributed by atoms with Crippen LogP contribution in [0.3, 0.4) is 0 Å². The standard InChI is InChI=1S/C87H76N2/c1-11-58-22-26-62(27-23-58)66-35-50-82-78(54-66)79-55-67(36-51-83(79)89(82)72-18-14-13-15-19-72)63-28-29-65-53-74(47-34-64(65)52-63)88(73-45-32-61(33-46-73)60-30-39-69(40-31-60)86(9,10)57-84(3,4)5)75-48-49-77-76-20-16-17-21-80(76)87(81(77)56-75,70-37-24-59(12-2)25-38-70)71-43-41-68(42-44-71)85(6,7)8/h11-56H,1-2,57H2,3-10H3. The molecule has 14 rings (SSSR count). The molecule has 89 heavy (non-hydrogen) atoms. The molecule has 0 saturated carbocycles. The minimum Gasteiger partial charge on any atom is -0.310 e. The summed E-state index contributed by atoms with van der Waals surface area (Å²) in [5.41, 5.74) is 26.0. The average molecular weight is 1150 g/mol. The van der Waals surface area contributed by atoms with Gasteiger partial charge in [-0.25, -0.2) is 0 Å². The first kappa shape index (κ1) is 56.8. The summed E-state index contributed by atoms with van der Waals surface area (Å²) in [5.74, 6) is 0. The molecule has 2 heteroatoms. The van der Waals surface area contributed by atoms with Crippen LogP contribution < -0.4 is 4.90 Å². The van der Waals surface area contributed by atoms with Gasteiger partial charge < -0.3 is 9.47 Å².